The van der Waals surface area contributed by atoms with Crippen LogP contribution in [0.3, 0.4) is 0 Å². The number of benzene rings is 1. The minimum Gasteiger partial charge on any atom is -0.455 e. The van der Waals surface area contributed by atoms with E-state index in [1.54, 1.807) is 24.0 Å². The van der Waals surface area contributed by atoms with E-state index in [4.69, 9.17) is 9.47 Å². The van der Waals surface area contributed by atoms with Crippen molar-refractivity contribution in [1.29, 1.82) is 0 Å². The van der Waals surface area contributed by atoms with Crippen LogP contribution >= 0.6 is 0 Å². The van der Waals surface area contributed by atoms with Crippen LogP contribution < -0.4 is 5.32 Å². The summed E-state index contributed by atoms with van der Waals surface area (Å²) >= 11 is 0. The monoisotopic (exact) mass is 595 g/mol. The molecule has 10 nitrogen and oxygen atoms in total. The van der Waals surface area contributed by atoms with Crippen molar-refractivity contribution in [3.05, 3.63) is 61.2 Å². The van der Waals surface area contributed by atoms with Gasteiger partial charge in [0.25, 0.3) is 0 Å². The van der Waals surface area contributed by atoms with Gasteiger partial charge in [0.1, 0.15) is 17.7 Å². The summed E-state index contributed by atoms with van der Waals surface area (Å²) in [4.78, 5) is 57.9. The molecule has 0 aliphatic carbocycles. The molecule has 0 radical (unpaired) electrons. The normalized spacial score (nSPS) is 27.3. The SMILES string of the molecule is C=CCCC(=O)NC[C@@H](OC(=O)[C@@H]1[C@@H]2CC[C@]3(O2)[C@H](C(=O)N(CC=C)C(C)(C)C)N([C@H](C)CO)C(=O)[C@@H]13)c1ccccc1. The van der Waals surface area contributed by atoms with E-state index >= 15 is 0 Å². The van der Waals surface area contributed by atoms with Gasteiger partial charge in [-0.1, -0.05) is 42.5 Å². The molecule has 2 N–H and O–H groups in total. The summed E-state index contributed by atoms with van der Waals surface area (Å²) in [6, 6.07) is 7.43. The van der Waals surface area contributed by atoms with Gasteiger partial charge in [-0.15, -0.1) is 13.2 Å². The second kappa shape index (κ2) is 13.0. The van der Waals surface area contributed by atoms with Crippen molar-refractivity contribution in [1.82, 2.24) is 15.1 Å². The molecular weight excluding hydrogens is 550 g/mol. The molecule has 3 aliphatic heterocycles. The molecule has 234 valence electrons. The molecule has 1 spiro atoms. The smallest absolute Gasteiger partial charge is 0.313 e. The molecule has 3 saturated heterocycles. The first kappa shape index (κ1) is 32.4. The van der Waals surface area contributed by atoms with E-state index < -0.39 is 59.1 Å². The van der Waals surface area contributed by atoms with Crippen LogP contribution in [0.4, 0.5) is 0 Å². The maximum atomic E-state index is 14.3. The maximum Gasteiger partial charge on any atom is 0.313 e. The highest BCUT2D eigenvalue weighted by Gasteiger charge is 2.75. The predicted molar refractivity (Wildman–Crippen MR) is 160 cm³/mol. The largest absolute Gasteiger partial charge is 0.455 e. The van der Waals surface area contributed by atoms with Crippen LogP contribution in [0, 0.1) is 11.8 Å². The number of nitrogens with one attached hydrogen (secondary N) is 1. The second-order valence-electron chi connectivity index (χ2n) is 12.7. The number of aliphatic hydroxyl groups excluding tert-OH is 1. The molecule has 3 fully saturated rings. The first-order valence-electron chi connectivity index (χ1n) is 15.1. The Labute approximate surface area is 254 Å². The van der Waals surface area contributed by atoms with Gasteiger partial charge >= 0.3 is 5.97 Å². The van der Waals surface area contributed by atoms with Crippen molar-refractivity contribution in [3.63, 3.8) is 0 Å². The molecule has 3 heterocycles. The lowest BCUT2D eigenvalue weighted by molar-refractivity contribution is -0.161. The fourth-order valence-corrected chi connectivity index (χ4v) is 6.81. The van der Waals surface area contributed by atoms with E-state index in [2.05, 4.69) is 18.5 Å². The third-order valence-corrected chi connectivity index (χ3v) is 8.86. The van der Waals surface area contributed by atoms with Crippen molar-refractivity contribution in [3.8, 4) is 0 Å². The van der Waals surface area contributed by atoms with Crippen LogP contribution in [0.15, 0.2) is 55.6 Å². The van der Waals surface area contributed by atoms with Gasteiger partial charge in [-0.25, -0.2) is 0 Å². The molecule has 0 unspecified atom stereocenters. The van der Waals surface area contributed by atoms with Gasteiger partial charge < -0.3 is 29.7 Å². The summed E-state index contributed by atoms with van der Waals surface area (Å²) in [5, 5.41) is 12.9. The molecule has 4 rings (SSSR count). The van der Waals surface area contributed by atoms with Gasteiger partial charge in [0, 0.05) is 18.5 Å². The molecule has 2 bridgehead atoms. The number of hydrogen-bond donors (Lipinski definition) is 2. The highest BCUT2D eigenvalue weighted by molar-refractivity contribution is 5.98. The average molecular weight is 596 g/mol. The predicted octanol–water partition coefficient (Wildman–Crippen LogP) is 2.92. The third kappa shape index (κ3) is 6.13. The molecule has 3 amide bonds. The van der Waals surface area contributed by atoms with Crippen LogP contribution in [-0.2, 0) is 28.7 Å². The average Bonchev–Trinajstić information content (AvgIpc) is 3.63. The molecule has 1 aromatic carbocycles. The first-order chi connectivity index (χ1) is 20.4. The molecule has 1 aromatic rings. The van der Waals surface area contributed by atoms with Gasteiger partial charge in [0.2, 0.25) is 17.7 Å². The lowest BCUT2D eigenvalue weighted by Crippen LogP contribution is -2.61. The van der Waals surface area contributed by atoms with Crippen molar-refractivity contribution in [2.24, 2.45) is 11.8 Å². The number of fused-ring (bicyclic) bond motifs is 1. The Hall–Kier alpha value is -3.50. The molecular formula is C33H45N3O7. The van der Waals surface area contributed by atoms with Gasteiger partial charge in [-0.2, -0.15) is 0 Å². The highest BCUT2D eigenvalue weighted by Crippen LogP contribution is 2.59. The molecule has 10 heteroatoms. The van der Waals surface area contributed by atoms with Crippen LogP contribution in [0.1, 0.15) is 65.0 Å². The van der Waals surface area contributed by atoms with Gasteiger partial charge in [0.05, 0.1) is 37.1 Å². The first-order valence-corrected chi connectivity index (χ1v) is 15.1. The van der Waals surface area contributed by atoms with E-state index in [1.165, 1.54) is 4.90 Å². The number of allylic oxidation sites excluding steroid dienone is 1. The topological polar surface area (TPSA) is 125 Å². The zero-order chi connectivity index (χ0) is 31.5. The standard InChI is InChI=1S/C33H45N3O7/c1-7-9-15-25(38)34-19-24(22-13-11-10-12-14-22)42-31(41)26-23-16-17-33(43-23)27(26)29(39)36(21(3)20-37)28(33)30(40)35(18-8-2)32(4,5)6/h7-8,10-14,21,23-24,26-28,37H,1-2,9,15-20H2,3-6H3,(H,34,38)/t21-,23+,24-,26-,27-,28+,33-/m1/s1. The Morgan fingerprint density at radius 3 is 2.53 bits per heavy atom. The zero-order valence-electron chi connectivity index (χ0n) is 25.7. The minimum atomic E-state index is -1.22. The summed E-state index contributed by atoms with van der Waals surface area (Å²) in [5.74, 6) is -3.37. The number of carbonyl (C=O) groups is 4. The maximum absolute atomic E-state index is 14.3. The Bertz CT molecular complexity index is 1230. The molecule has 7 atom stereocenters. The molecule has 3 aliphatic rings. The van der Waals surface area contributed by atoms with Crippen LogP contribution in [0.25, 0.3) is 0 Å². The number of amides is 3. The van der Waals surface area contributed by atoms with Gasteiger partial charge in [-0.05, 0) is 52.5 Å². The summed E-state index contributed by atoms with van der Waals surface area (Å²) in [6.07, 6.45) is 3.62. The summed E-state index contributed by atoms with van der Waals surface area (Å²) in [5.41, 5.74) is -1.10. The minimum absolute atomic E-state index is 0.0601. The van der Waals surface area contributed by atoms with Crippen molar-refractivity contribution >= 4 is 23.7 Å². The molecule has 0 saturated carbocycles. The summed E-state index contributed by atoms with van der Waals surface area (Å²) < 4.78 is 12.6. The van der Waals surface area contributed by atoms with E-state index in [-0.39, 0.29) is 37.9 Å². The Balaban J connectivity index is 1.65. The fourth-order valence-electron chi connectivity index (χ4n) is 6.81. The summed E-state index contributed by atoms with van der Waals surface area (Å²) in [7, 11) is 0. The van der Waals surface area contributed by atoms with Crippen LogP contribution in [-0.4, -0.2) is 87.6 Å². The molecule has 0 aromatic heterocycles. The Morgan fingerprint density at radius 1 is 1.23 bits per heavy atom. The summed E-state index contributed by atoms with van der Waals surface area (Å²) in [6.45, 7) is 14.8. The molecule has 43 heavy (non-hydrogen) atoms. The number of rotatable bonds is 13. The third-order valence-electron chi connectivity index (χ3n) is 8.86. The zero-order valence-corrected chi connectivity index (χ0v) is 25.7. The lowest BCUT2D eigenvalue weighted by Gasteiger charge is -2.43. The van der Waals surface area contributed by atoms with E-state index in [9.17, 15) is 24.3 Å². The number of hydrogen-bond acceptors (Lipinski definition) is 7. The van der Waals surface area contributed by atoms with Gasteiger partial charge in [0.15, 0.2) is 0 Å². The number of esters is 1. The van der Waals surface area contributed by atoms with Gasteiger partial charge in [-0.3, -0.25) is 19.2 Å². The lowest BCUT2D eigenvalue weighted by atomic mass is 9.70. The fraction of sp³-hybridized carbons (Fsp3) is 0.576. The second-order valence-corrected chi connectivity index (χ2v) is 12.7. The van der Waals surface area contributed by atoms with E-state index in [0.717, 1.165) is 0 Å². The van der Waals surface area contributed by atoms with Crippen molar-refractivity contribution in [2.45, 2.75) is 88.8 Å². The van der Waals surface area contributed by atoms with Crippen LogP contribution in [0.5, 0.6) is 0 Å². The highest BCUT2D eigenvalue weighted by atomic mass is 16.6. The Morgan fingerprint density at radius 2 is 1.93 bits per heavy atom. The quantitative estimate of drug-likeness (QED) is 0.265. The van der Waals surface area contributed by atoms with Crippen LogP contribution in [0.2, 0.25) is 0 Å². The number of nitrogens with zero attached hydrogens (tertiary/aromatic N) is 2. The van der Waals surface area contributed by atoms with Crippen molar-refractivity contribution < 1.29 is 33.8 Å². The number of ether oxygens (including phenoxy) is 2. The Kier molecular flexibility index (Phi) is 9.81. The van der Waals surface area contributed by atoms with E-state index in [1.807, 2.05) is 51.1 Å². The van der Waals surface area contributed by atoms with E-state index in [0.29, 0.717) is 24.8 Å². The number of likely N-dealkylation sites (tertiary alicyclic amines) is 1. The number of carbonyl (C=O) groups excluding carboxylic acids is 4. The number of aliphatic hydroxyl groups is 1. The van der Waals surface area contributed by atoms with Crippen molar-refractivity contribution in [2.75, 3.05) is 19.7 Å².